The zero-order valence-electron chi connectivity index (χ0n) is 7.94. The lowest BCUT2D eigenvalue weighted by Gasteiger charge is -1.88. The van der Waals surface area contributed by atoms with Crippen molar-refractivity contribution in [2.75, 3.05) is 0 Å². The summed E-state index contributed by atoms with van der Waals surface area (Å²) >= 11 is 0. The van der Waals surface area contributed by atoms with Crippen LogP contribution in [0, 0.1) is 13.8 Å². The number of furan rings is 1. The molecule has 0 saturated heterocycles. The molecular formula is C9H10N2O3. The summed E-state index contributed by atoms with van der Waals surface area (Å²) in [6, 6.07) is 1.82. The molecule has 0 aromatic carbocycles. The third kappa shape index (κ3) is 1.42. The second-order valence-corrected chi connectivity index (χ2v) is 2.99. The molecule has 5 nitrogen and oxygen atoms in total. The van der Waals surface area contributed by atoms with E-state index < -0.39 is 0 Å². The molecule has 0 saturated carbocycles. The zero-order valence-corrected chi connectivity index (χ0v) is 7.94. The van der Waals surface area contributed by atoms with Crippen molar-refractivity contribution in [1.82, 2.24) is 10.2 Å². The van der Waals surface area contributed by atoms with Crippen LogP contribution < -0.4 is 0 Å². The number of aryl methyl sites for hydroxylation is 2. The summed E-state index contributed by atoms with van der Waals surface area (Å²) in [6.45, 7) is 3.42. The van der Waals surface area contributed by atoms with E-state index in [-0.39, 0.29) is 12.5 Å². The third-order valence-corrected chi connectivity index (χ3v) is 1.87. The van der Waals surface area contributed by atoms with E-state index in [0.29, 0.717) is 5.89 Å². The first-order valence-electron chi connectivity index (χ1n) is 4.21. The topological polar surface area (TPSA) is 72.3 Å². The molecule has 0 amide bonds. The number of hydrogen-bond acceptors (Lipinski definition) is 5. The highest BCUT2D eigenvalue weighted by Crippen LogP contribution is 2.25. The molecule has 0 unspecified atom stereocenters. The molecule has 0 aliphatic heterocycles. The van der Waals surface area contributed by atoms with E-state index in [1.54, 1.807) is 0 Å². The maximum absolute atomic E-state index is 8.75. The number of hydrogen-bond donors (Lipinski definition) is 1. The van der Waals surface area contributed by atoms with Crippen LogP contribution in [0.4, 0.5) is 0 Å². The average molecular weight is 194 g/mol. The smallest absolute Gasteiger partial charge is 0.251 e. The van der Waals surface area contributed by atoms with Gasteiger partial charge in [0.1, 0.15) is 18.1 Å². The van der Waals surface area contributed by atoms with Gasteiger partial charge in [-0.2, -0.15) is 0 Å². The maximum atomic E-state index is 8.75. The highest BCUT2D eigenvalue weighted by Gasteiger charge is 2.13. The Kier molecular flexibility index (Phi) is 2.09. The van der Waals surface area contributed by atoms with Gasteiger partial charge in [0, 0.05) is 0 Å². The Hall–Kier alpha value is -1.62. The number of nitrogens with zero attached hydrogens (tertiary/aromatic N) is 2. The number of aromatic nitrogens is 2. The van der Waals surface area contributed by atoms with Crippen LogP contribution in [-0.2, 0) is 6.61 Å². The summed E-state index contributed by atoms with van der Waals surface area (Å²) in [4.78, 5) is 0. The summed E-state index contributed by atoms with van der Waals surface area (Å²) in [5, 5.41) is 16.2. The van der Waals surface area contributed by atoms with Gasteiger partial charge in [-0.05, 0) is 19.9 Å². The van der Waals surface area contributed by atoms with Crippen molar-refractivity contribution in [1.29, 1.82) is 0 Å². The van der Waals surface area contributed by atoms with Gasteiger partial charge in [0.25, 0.3) is 5.89 Å². The van der Waals surface area contributed by atoms with Gasteiger partial charge in [0.2, 0.25) is 5.89 Å². The van der Waals surface area contributed by atoms with Crippen LogP contribution in [0.15, 0.2) is 14.9 Å². The second-order valence-electron chi connectivity index (χ2n) is 2.99. The Morgan fingerprint density at radius 3 is 2.57 bits per heavy atom. The van der Waals surface area contributed by atoms with Crippen molar-refractivity contribution in [2.45, 2.75) is 20.5 Å². The molecule has 0 aliphatic carbocycles. The fourth-order valence-electron chi connectivity index (χ4n) is 1.27. The molecule has 5 heteroatoms. The molecule has 14 heavy (non-hydrogen) atoms. The van der Waals surface area contributed by atoms with E-state index in [1.807, 2.05) is 19.9 Å². The van der Waals surface area contributed by atoms with Gasteiger partial charge in [0.05, 0.1) is 5.56 Å². The molecule has 2 aromatic rings. The zero-order chi connectivity index (χ0) is 10.1. The van der Waals surface area contributed by atoms with Gasteiger partial charge < -0.3 is 13.9 Å². The van der Waals surface area contributed by atoms with Crippen LogP contribution >= 0.6 is 0 Å². The normalized spacial score (nSPS) is 10.8. The van der Waals surface area contributed by atoms with Gasteiger partial charge in [0.15, 0.2) is 0 Å². The molecule has 1 N–H and O–H groups in total. The second kappa shape index (κ2) is 3.26. The lowest BCUT2D eigenvalue weighted by molar-refractivity contribution is 0.241. The van der Waals surface area contributed by atoms with E-state index in [2.05, 4.69) is 10.2 Å². The first-order valence-corrected chi connectivity index (χ1v) is 4.21. The summed E-state index contributed by atoms with van der Waals surface area (Å²) in [7, 11) is 0. The van der Waals surface area contributed by atoms with Gasteiger partial charge in [-0.15, -0.1) is 10.2 Å². The monoisotopic (exact) mass is 194 g/mol. The molecule has 74 valence electrons. The molecule has 2 heterocycles. The van der Waals surface area contributed by atoms with Gasteiger partial charge in [-0.25, -0.2) is 0 Å². The highest BCUT2D eigenvalue weighted by atomic mass is 16.4. The molecule has 0 atom stereocenters. The summed E-state index contributed by atoms with van der Waals surface area (Å²) in [5.41, 5.74) is 0.773. The highest BCUT2D eigenvalue weighted by molar-refractivity contribution is 5.55. The van der Waals surface area contributed by atoms with Crippen LogP contribution in [0.2, 0.25) is 0 Å². The largest absolute Gasteiger partial charge is 0.466 e. The molecule has 0 bridgehead atoms. The van der Waals surface area contributed by atoms with Crippen molar-refractivity contribution >= 4 is 0 Å². The number of rotatable bonds is 2. The molecule has 0 spiro atoms. The van der Waals surface area contributed by atoms with Crippen LogP contribution in [0.25, 0.3) is 11.5 Å². The quantitative estimate of drug-likeness (QED) is 0.783. The first-order chi connectivity index (χ1) is 6.70. The van der Waals surface area contributed by atoms with E-state index in [9.17, 15) is 0 Å². The predicted octanol–water partition coefficient (Wildman–Crippen LogP) is 1.44. The Labute approximate surface area is 80.4 Å². The van der Waals surface area contributed by atoms with Gasteiger partial charge in [-0.1, -0.05) is 0 Å². The van der Waals surface area contributed by atoms with Gasteiger partial charge in [-0.3, -0.25) is 0 Å². The fraction of sp³-hybridized carbons (Fsp3) is 0.333. The lowest BCUT2D eigenvalue weighted by Crippen LogP contribution is -1.79. The standard InChI is InChI=1S/C9H10N2O3/c1-5-3-7(6(2)13-5)9-11-10-8(4-12)14-9/h3,12H,4H2,1-2H3. The van der Waals surface area contributed by atoms with Gasteiger partial charge >= 0.3 is 0 Å². The van der Waals surface area contributed by atoms with Crippen molar-refractivity contribution in [3.63, 3.8) is 0 Å². The minimum Gasteiger partial charge on any atom is -0.466 e. The lowest BCUT2D eigenvalue weighted by atomic mass is 10.2. The Bertz CT molecular complexity index is 445. The molecular weight excluding hydrogens is 184 g/mol. The van der Waals surface area contributed by atoms with Crippen LogP contribution in [-0.4, -0.2) is 15.3 Å². The number of aliphatic hydroxyl groups excluding tert-OH is 1. The van der Waals surface area contributed by atoms with E-state index in [1.165, 1.54) is 0 Å². The van der Waals surface area contributed by atoms with Crippen molar-refractivity contribution < 1.29 is 13.9 Å². The summed E-state index contributed by atoms with van der Waals surface area (Å²) in [5.74, 6) is 2.11. The fourth-order valence-corrected chi connectivity index (χ4v) is 1.27. The predicted molar refractivity (Wildman–Crippen MR) is 47.4 cm³/mol. The minimum atomic E-state index is -0.247. The molecule has 0 aliphatic rings. The van der Waals surface area contributed by atoms with Crippen LogP contribution in [0.1, 0.15) is 17.4 Å². The molecule has 2 aromatic heterocycles. The first kappa shape index (κ1) is 8.96. The Morgan fingerprint density at radius 1 is 1.29 bits per heavy atom. The van der Waals surface area contributed by atoms with Crippen molar-refractivity contribution in [3.05, 3.63) is 23.5 Å². The van der Waals surface area contributed by atoms with Crippen molar-refractivity contribution in [3.8, 4) is 11.5 Å². The summed E-state index contributed by atoms with van der Waals surface area (Å²) < 4.78 is 10.5. The van der Waals surface area contributed by atoms with Crippen molar-refractivity contribution in [2.24, 2.45) is 0 Å². The molecule has 0 fully saturated rings. The number of aliphatic hydroxyl groups is 1. The minimum absolute atomic E-state index is 0.207. The third-order valence-electron chi connectivity index (χ3n) is 1.87. The Balaban J connectivity index is 2.43. The molecule has 0 radical (unpaired) electrons. The van der Waals surface area contributed by atoms with Crippen LogP contribution in [0.3, 0.4) is 0 Å². The Morgan fingerprint density at radius 2 is 2.07 bits per heavy atom. The average Bonchev–Trinajstić information content (AvgIpc) is 2.71. The van der Waals surface area contributed by atoms with E-state index >= 15 is 0 Å². The maximum Gasteiger partial charge on any atom is 0.251 e. The summed E-state index contributed by atoms with van der Waals surface area (Å²) in [6.07, 6.45) is 0. The van der Waals surface area contributed by atoms with E-state index in [0.717, 1.165) is 17.1 Å². The van der Waals surface area contributed by atoms with E-state index in [4.69, 9.17) is 13.9 Å². The molecule has 2 rings (SSSR count). The SMILES string of the molecule is Cc1cc(-c2nnc(CO)o2)c(C)o1. The van der Waals surface area contributed by atoms with Crippen LogP contribution in [0.5, 0.6) is 0 Å².